The summed E-state index contributed by atoms with van der Waals surface area (Å²) in [7, 11) is 0.494. The summed E-state index contributed by atoms with van der Waals surface area (Å²) < 4.78 is 28.0. The van der Waals surface area contributed by atoms with Crippen LogP contribution >= 0.6 is 0 Å². The van der Waals surface area contributed by atoms with Gasteiger partial charge in [-0.3, -0.25) is 4.79 Å². The van der Waals surface area contributed by atoms with Crippen molar-refractivity contribution >= 4 is 15.9 Å². The van der Waals surface area contributed by atoms with Gasteiger partial charge in [-0.2, -0.15) is 4.31 Å². The van der Waals surface area contributed by atoms with Crippen molar-refractivity contribution in [3.8, 4) is 0 Å². The van der Waals surface area contributed by atoms with Crippen LogP contribution < -0.4 is 0 Å². The second-order valence-electron chi connectivity index (χ2n) is 9.51. The number of hydrogen-bond acceptors (Lipinski definition) is 4. The van der Waals surface area contributed by atoms with Gasteiger partial charge in [0.05, 0.1) is 4.90 Å². The van der Waals surface area contributed by atoms with Crippen molar-refractivity contribution in [1.29, 1.82) is 0 Å². The Morgan fingerprint density at radius 2 is 1.67 bits per heavy atom. The van der Waals surface area contributed by atoms with E-state index in [1.54, 1.807) is 10.4 Å². The van der Waals surface area contributed by atoms with Crippen LogP contribution in [0.1, 0.15) is 36.0 Å². The first-order chi connectivity index (χ1) is 15.8. The third-order valence-electron chi connectivity index (χ3n) is 6.86. The van der Waals surface area contributed by atoms with Crippen LogP contribution in [0, 0.1) is 5.92 Å². The van der Waals surface area contributed by atoms with Gasteiger partial charge in [0.25, 0.3) is 0 Å². The number of carbonyl (C=O) groups is 1. The van der Waals surface area contributed by atoms with E-state index in [0.29, 0.717) is 43.9 Å². The lowest BCUT2D eigenvalue weighted by molar-refractivity contribution is -0.137. The summed E-state index contributed by atoms with van der Waals surface area (Å²) in [5.41, 5.74) is 3.55. The second kappa shape index (κ2) is 10.4. The molecular formula is C26H35N3O3S. The molecule has 7 heteroatoms. The lowest BCUT2D eigenvalue weighted by atomic mass is 9.96. The molecule has 1 amide bonds. The molecule has 33 heavy (non-hydrogen) atoms. The first-order valence-electron chi connectivity index (χ1n) is 11.9. The van der Waals surface area contributed by atoms with Crippen LogP contribution in [-0.4, -0.2) is 68.7 Å². The molecule has 1 aliphatic carbocycles. The number of sulfonamides is 1. The van der Waals surface area contributed by atoms with Gasteiger partial charge in [-0.1, -0.05) is 36.4 Å². The van der Waals surface area contributed by atoms with Crippen LogP contribution in [0.4, 0.5) is 0 Å². The summed E-state index contributed by atoms with van der Waals surface area (Å²) in [6.45, 7) is 2.82. The van der Waals surface area contributed by atoms with Crippen LogP contribution in [0.5, 0.6) is 0 Å². The van der Waals surface area contributed by atoms with Crippen molar-refractivity contribution in [2.75, 3.05) is 40.3 Å². The van der Waals surface area contributed by atoms with Crippen LogP contribution in [0.25, 0.3) is 0 Å². The van der Waals surface area contributed by atoms with Gasteiger partial charge in [-0.05, 0) is 75.0 Å². The van der Waals surface area contributed by atoms with Gasteiger partial charge in [-0.15, -0.1) is 0 Å². The Labute approximate surface area is 198 Å². The summed E-state index contributed by atoms with van der Waals surface area (Å²) >= 11 is 0. The standard InChI is InChI=1S/C26H35N3O3S/c1-27(2)17-18-28(20-21-7-4-3-5-8-21)26(30)23-13-15-29(16-14-23)33(31,32)25-12-11-22-9-6-10-24(22)19-25/h3-5,7-8,11-12,19,23H,6,9-10,13-18,20H2,1-2H3. The highest BCUT2D eigenvalue weighted by Crippen LogP contribution is 2.29. The lowest BCUT2D eigenvalue weighted by Crippen LogP contribution is -2.45. The monoisotopic (exact) mass is 469 g/mol. The Balaban J connectivity index is 1.41. The minimum Gasteiger partial charge on any atom is -0.337 e. The van der Waals surface area contributed by atoms with E-state index in [-0.39, 0.29) is 11.8 Å². The second-order valence-corrected chi connectivity index (χ2v) is 11.4. The van der Waals surface area contributed by atoms with E-state index >= 15 is 0 Å². The molecule has 0 N–H and O–H groups in total. The number of likely N-dealkylation sites (N-methyl/N-ethyl adjacent to an activating group) is 1. The molecule has 178 valence electrons. The summed E-state index contributed by atoms with van der Waals surface area (Å²) in [5.74, 6) is -0.00220. The summed E-state index contributed by atoms with van der Waals surface area (Å²) in [6, 6.07) is 15.6. The van der Waals surface area contributed by atoms with E-state index < -0.39 is 10.0 Å². The molecule has 2 aliphatic rings. The molecule has 0 unspecified atom stereocenters. The number of benzene rings is 2. The van der Waals surface area contributed by atoms with Crippen LogP contribution in [0.3, 0.4) is 0 Å². The summed E-state index contributed by atoms with van der Waals surface area (Å²) in [5, 5.41) is 0. The van der Waals surface area contributed by atoms with Gasteiger partial charge in [0, 0.05) is 38.6 Å². The molecule has 1 heterocycles. The quantitative estimate of drug-likeness (QED) is 0.596. The highest BCUT2D eigenvalue weighted by atomic mass is 32.2. The van der Waals surface area contributed by atoms with E-state index in [1.165, 1.54) is 11.1 Å². The predicted molar refractivity (Wildman–Crippen MR) is 130 cm³/mol. The zero-order valence-electron chi connectivity index (χ0n) is 19.7. The zero-order valence-corrected chi connectivity index (χ0v) is 20.6. The van der Waals surface area contributed by atoms with Crippen LogP contribution in [-0.2, 0) is 34.2 Å². The van der Waals surface area contributed by atoms with Crippen molar-refractivity contribution in [1.82, 2.24) is 14.1 Å². The number of nitrogens with zero attached hydrogens (tertiary/aromatic N) is 3. The smallest absolute Gasteiger partial charge is 0.243 e. The minimum atomic E-state index is -3.52. The maximum absolute atomic E-state index is 13.4. The fourth-order valence-electron chi connectivity index (χ4n) is 4.85. The fraction of sp³-hybridized carbons (Fsp3) is 0.500. The van der Waals surface area contributed by atoms with Crippen molar-refractivity contribution in [3.63, 3.8) is 0 Å². The molecule has 0 saturated carbocycles. The van der Waals surface area contributed by atoms with E-state index in [2.05, 4.69) is 4.90 Å². The molecular weight excluding hydrogens is 434 g/mol. The molecule has 0 bridgehead atoms. The zero-order chi connectivity index (χ0) is 23.4. The molecule has 4 rings (SSSR count). The highest BCUT2D eigenvalue weighted by Gasteiger charge is 2.34. The SMILES string of the molecule is CN(C)CCN(Cc1ccccc1)C(=O)C1CCN(S(=O)(=O)c2ccc3c(c2)CCC3)CC1. The van der Waals surface area contributed by atoms with E-state index in [9.17, 15) is 13.2 Å². The van der Waals surface area contributed by atoms with Crippen molar-refractivity contribution < 1.29 is 13.2 Å². The third-order valence-corrected chi connectivity index (χ3v) is 8.75. The van der Waals surface area contributed by atoms with Gasteiger partial charge < -0.3 is 9.80 Å². The van der Waals surface area contributed by atoms with Crippen molar-refractivity contribution in [2.24, 2.45) is 5.92 Å². The molecule has 0 radical (unpaired) electrons. The fourth-order valence-corrected chi connectivity index (χ4v) is 6.37. The third kappa shape index (κ3) is 5.65. The Morgan fingerprint density at radius 1 is 0.970 bits per heavy atom. The Kier molecular flexibility index (Phi) is 7.51. The maximum Gasteiger partial charge on any atom is 0.243 e. The maximum atomic E-state index is 13.4. The van der Waals surface area contributed by atoms with Crippen molar-refractivity contribution in [2.45, 2.75) is 43.5 Å². The average molecular weight is 470 g/mol. The van der Waals surface area contributed by atoms with Gasteiger partial charge >= 0.3 is 0 Å². The number of carbonyl (C=O) groups excluding carboxylic acids is 1. The summed E-state index contributed by atoms with van der Waals surface area (Å²) in [4.78, 5) is 17.8. The predicted octanol–water partition coefficient (Wildman–Crippen LogP) is 3.17. The van der Waals surface area contributed by atoms with E-state index in [4.69, 9.17) is 0 Å². The molecule has 0 aromatic heterocycles. The molecule has 0 atom stereocenters. The lowest BCUT2D eigenvalue weighted by Gasteiger charge is -2.34. The Morgan fingerprint density at radius 3 is 2.36 bits per heavy atom. The topological polar surface area (TPSA) is 60.9 Å². The summed E-state index contributed by atoms with van der Waals surface area (Å²) in [6.07, 6.45) is 4.22. The molecule has 1 aliphatic heterocycles. The minimum absolute atomic E-state index is 0.135. The largest absolute Gasteiger partial charge is 0.337 e. The van der Waals surface area contributed by atoms with Crippen molar-refractivity contribution in [3.05, 3.63) is 65.2 Å². The first-order valence-corrected chi connectivity index (χ1v) is 13.4. The van der Waals surface area contributed by atoms with Crippen LogP contribution in [0.15, 0.2) is 53.4 Å². The van der Waals surface area contributed by atoms with E-state index in [1.807, 2.05) is 61.5 Å². The van der Waals surface area contributed by atoms with E-state index in [0.717, 1.165) is 31.4 Å². The van der Waals surface area contributed by atoms with Gasteiger partial charge in [0.15, 0.2) is 0 Å². The number of rotatable bonds is 8. The number of fused-ring (bicyclic) bond motifs is 1. The Hall–Kier alpha value is -2.22. The molecule has 1 saturated heterocycles. The van der Waals surface area contributed by atoms with Gasteiger partial charge in [-0.25, -0.2) is 8.42 Å². The normalized spacial score (nSPS) is 17.3. The number of amides is 1. The first kappa shape index (κ1) is 23.9. The molecule has 2 aromatic carbocycles. The number of aryl methyl sites for hydroxylation is 2. The highest BCUT2D eigenvalue weighted by molar-refractivity contribution is 7.89. The molecule has 6 nitrogen and oxygen atoms in total. The average Bonchev–Trinajstić information content (AvgIpc) is 3.30. The molecule has 2 aromatic rings. The molecule has 1 fully saturated rings. The number of piperidine rings is 1. The Bertz CT molecular complexity index is 1060. The van der Waals surface area contributed by atoms with Gasteiger partial charge in [0.2, 0.25) is 15.9 Å². The van der Waals surface area contributed by atoms with Gasteiger partial charge in [0.1, 0.15) is 0 Å². The number of hydrogen-bond donors (Lipinski definition) is 0. The van der Waals surface area contributed by atoms with Crippen LogP contribution in [0.2, 0.25) is 0 Å². The molecule has 0 spiro atoms.